The largest absolute Gasteiger partial charge is 0.382 e. The predicted octanol–water partition coefficient (Wildman–Crippen LogP) is 1.01. The highest BCUT2D eigenvalue weighted by molar-refractivity contribution is 6.02. The average molecular weight is 221 g/mol. The number of amides is 1. The Morgan fingerprint density at radius 2 is 1.94 bits per heavy atom. The third-order valence-corrected chi connectivity index (χ3v) is 1.78. The molecule has 0 fully saturated rings. The number of benzene rings is 1. The van der Waals surface area contributed by atoms with Crippen molar-refractivity contribution in [3.63, 3.8) is 0 Å². The van der Waals surface area contributed by atoms with Crippen LogP contribution in [0.3, 0.4) is 0 Å². The Bertz CT molecular complexity index is 374. The number of hydroxylamine groups is 1. The SMILES string of the molecule is CN(C)/C=C(\NO)C(=O)Nc1ccccc1. The summed E-state index contributed by atoms with van der Waals surface area (Å²) in [4.78, 5) is 13.3. The molecule has 16 heavy (non-hydrogen) atoms. The van der Waals surface area contributed by atoms with Crippen molar-refractivity contribution in [2.75, 3.05) is 19.4 Å². The van der Waals surface area contributed by atoms with Crippen LogP contribution in [-0.2, 0) is 4.79 Å². The van der Waals surface area contributed by atoms with E-state index in [1.54, 1.807) is 31.1 Å². The summed E-state index contributed by atoms with van der Waals surface area (Å²) in [5.41, 5.74) is 2.61. The zero-order valence-electron chi connectivity index (χ0n) is 9.27. The Hall–Kier alpha value is -2.01. The minimum Gasteiger partial charge on any atom is -0.382 e. The van der Waals surface area contributed by atoms with Gasteiger partial charge in [0.2, 0.25) is 0 Å². The molecule has 1 amide bonds. The van der Waals surface area contributed by atoms with Gasteiger partial charge in [0.05, 0.1) is 0 Å². The molecule has 86 valence electrons. The van der Waals surface area contributed by atoms with Gasteiger partial charge in [-0.1, -0.05) is 18.2 Å². The van der Waals surface area contributed by atoms with Gasteiger partial charge in [0.15, 0.2) is 0 Å². The summed E-state index contributed by atoms with van der Waals surface area (Å²) >= 11 is 0. The molecule has 3 N–H and O–H groups in total. The summed E-state index contributed by atoms with van der Waals surface area (Å²) < 4.78 is 0. The fraction of sp³-hybridized carbons (Fsp3) is 0.182. The molecule has 0 radical (unpaired) electrons. The number of carbonyl (C=O) groups is 1. The summed E-state index contributed by atoms with van der Waals surface area (Å²) in [7, 11) is 3.51. The minimum absolute atomic E-state index is 0.0776. The van der Waals surface area contributed by atoms with Crippen molar-refractivity contribution in [3.05, 3.63) is 42.2 Å². The van der Waals surface area contributed by atoms with Gasteiger partial charge in [-0.05, 0) is 12.1 Å². The first-order valence-electron chi connectivity index (χ1n) is 4.78. The third-order valence-electron chi connectivity index (χ3n) is 1.78. The van der Waals surface area contributed by atoms with Gasteiger partial charge in [-0.25, -0.2) is 0 Å². The molecule has 0 aliphatic rings. The highest BCUT2D eigenvalue weighted by Gasteiger charge is 2.08. The van der Waals surface area contributed by atoms with Gasteiger partial charge >= 0.3 is 0 Å². The van der Waals surface area contributed by atoms with Gasteiger partial charge in [-0.3, -0.25) is 15.5 Å². The van der Waals surface area contributed by atoms with E-state index < -0.39 is 5.91 Å². The second-order valence-corrected chi connectivity index (χ2v) is 3.44. The topological polar surface area (TPSA) is 64.6 Å². The van der Waals surface area contributed by atoms with Crippen LogP contribution < -0.4 is 10.8 Å². The number of hydrogen-bond acceptors (Lipinski definition) is 4. The van der Waals surface area contributed by atoms with Crippen molar-refractivity contribution >= 4 is 11.6 Å². The van der Waals surface area contributed by atoms with Crippen LogP contribution >= 0.6 is 0 Å². The number of carbonyl (C=O) groups excluding carboxylic acids is 1. The van der Waals surface area contributed by atoms with Crippen molar-refractivity contribution < 1.29 is 10.0 Å². The van der Waals surface area contributed by atoms with Crippen molar-refractivity contribution in [1.82, 2.24) is 10.4 Å². The van der Waals surface area contributed by atoms with E-state index in [1.165, 1.54) is 6.20 Å². The lowest BCUT2D eigenvalue weighted by Gasteiger charge is -2.10. The molecule has 0 aliphatic carbocycles. The van der Waals surface area contributed by atoms with E-state index in [0.29, 0.717) is 5.69 Å². The fourth-order valence-corrected chi connectivity index (χ4v) is 1.12. The number of anilines is 1. The quantitative estimate of drug-likeness (QED) is 0.524. The van der Waals surface area contributed by atoms with Gasteiger partial charge in [0.25, 0.3) is 5.91 Å². The maximum absolute atomic E-state index is 11.7. The van der Waals surface area contributed by atoms with Crippen molar-refractivity contribution in [3.8, 4) is 0 Å². The van der Waals surface area contributed by atoms with Crippen molar-refractivity contribution in [1.29, 1.82) is 0 Å². The van der Waals surface area contributed by atoms with E-state index in [0.717, 1.165) is 0 Å². The molecule has 0 heterocycles. The molecule has 1 aromatic carbocycles. The van der Waals surface area contributed by atoms with Crippen LogP contribution in [0.4, 0.5) is 5.69 Å². The molecule has 0 spiro atoms. The normalized spacial score (nSPS) is 10.8. The van der Waals surface area contributed by atoms with E-state index in [1.807, 2.05) is 23.7 Å². The standard InChI is InChI=1S/C11H15N3O2/c1-14(2)8-10(13-16)11(15)12-9-6-4-3-5-7-9/h3-8,13,16H,1-2H3,(H,12,15)/b10-8-. The average Bonchev–Trinajstić information content (AvgIpc) is 2.26. The van der Waals surface area contributed by atoms with E-state index in [9.17, 15) is 4.79 Å². The second kappa shape index (κ2) is 5.77. The smallest absolute Gasteiger partial charge is 0.275 e. The highest BCUT2D eigenvalue weighted by Crippen LogP contribution is 2.06. The van der Waals surface area contributed by atoms with E-state index in [-0.39, 0.29) is 5.70 Å². The molecule has 5 heteroatoms. The van der Waals surface area contributed by atoms with Gasteiger partial charge in [-0.15, -0.1) is 0 Å². The second-order valence-electron chi connectivity index (χ2n) is 3.44. The summed E-state index contributed by atoms with van der Waals surface area (Å²) in [5.74, 6) is -0.401. The maximum atomic E-state index is 11.7. The molecule has 0 unspecified atom stereocenters. The van der Waals surface area contributed by atoms with Gasteiger partial charge in [0.1, 0.15) is 5.70 Å². The van der Waals surface area contributed by atoms with Crippen LogP contribution in [0.1, 0.15) is 0 Å². The number of hydrogen-bond donors (Lipinski definition) is 3. The lowest BCUT2D eigenvalue weighted by atomic mass is 10.3. The summed E-state index contributed by atoms with van der Waals surface area (Å²) in [5, 5.41) is 11.5. The number of nitrogens with zero attached hydrogens (tertiary/aromatic N) is 1. The number of para-hydroxylation sites is 1. The van der Waals surface area contributed by atoms with Crippen molar-refractivity contribution in [2.24, 2.45) is 0 Å². The van der Waals surface area contributed by atoms with E-state index >= 15 is 0 Å². The Balaban J connectivity index is 2.71. The van der Waals surface area contributed by atoms with Crippen LogP contribution in [0, 0.1) is 0 Å². The predicted molar refractivity (Wildman–Crippen MR) is 61.8 cm³/mol. The Morgan fingerprint density at radius 3 is 2.44 bits per heavy atom. The minimum atomic E-state index is -0.401. The fourth-order valence-electron chi connectivity index (χ4n) is 1.12. The molecule has 1 aromatic rings. The van der Waals surface area contributed by atoms with Gasteiger partial charge in [0, 0.05) is 26.0 Å². The lowest BCUT2D eigenvalue weighted by Crippen LogP contribution is -2.25. The zero-order chi connectivity index (χ0) is 12.0. The molecule has 0 atom stereocenters. The maximum Gasteiger partial charge on any atom is 0.275 e. The molecular weight excluding hydrogens is 206 g/mol. The number of nitrogens with one attached hydrogen (secondary N) is 2. The summed E-state index contributed by atoms with van der Waals surface area (Å²) in [6.07, 6.45) is 1.48. The Kier molecular flexibility index (Phi) is 4.35. The first-order valence-corrected chi connectivity index (χ1v) is 4.78. The molecule has 5 nitrogen and oxygen atoms in total. The zero-order valence-corrected chi connectivity index (χ0v) is 9.27. The molecule has 0 saturated carbocycles. The number of rotatable bonds is 4. The lowest BCUT2D eigenvalue weighted by molar-refractivity contribution is -0.114. The van der Waals surface area contributed by atoms with Crippen LogP contribution in [0.2, 0.25) is 0 Å². The highest BCUT2D eigenvalue weighted by atomic mass is 16.5. The van der Waals surface area contributed by atoms with Crippen LogP contribution in [0.5, 0.6) is 0 Å². The van der Waals surface area contributed by atoms with Gasteiger partial charge in [-0.2, -0.15) is 0 Å². The molecule has 0 aromatic heterocycles. The molecule has 0 bridgehead atoms. The first kappa shape index (κ1) is 12.1. The van der Waals surface area contributed by atoms with Gasteiger partial charge < -0.3 is 10.2 Å². The first-order chi connectivity index (χ1) is 7.63. The van der Waals surface area contributed by atoms with Crippen molar-refractivity contribution in [2.45, 2.75) is 0 Å². The van der Waals surface area contributed by atoms with Crippen LogP contribution in [-0.4, -0.2) is 30.1 Å². The van der Waals surface area contributed by atoms with E-state index in [4.69, 9.17) is 5.21 Å². The third kappa shape index (κ3) is 3.62. The molecule has 1 rings (SSSR count). The Labute approximate surface area is 94.3 Å². The monoisotopic (exact) mass is 221 g/mol. The van der Waals surface area contributed by atoms with Crippen LogP contribution in [0.25, 0.3) is 0 Å². The summed E-state index contributed by atoms with van der Waals surface area (Å²) in [6.45, 7) is 0. The van der Waals surface area contributed by atoms with Crippen LogP contribution in [0.15, 0.2) is 42.2 Å². The molecule has 0 saturated heterocycles. The Morgan fingerprint density at radius 1 is 1.31 bits per heavy atom. The molecule has 0 aliphatic heterocycles. The van der Waals surface area contributed by atoms with E-state index in [2.05, 4.69) is 5.32 Å². The summed E-state index contributed by atoms with van der Waals surface area (Å²) in [6, 6.07) is 9.02. The molecular formula is C11H15N3O2.